The highest BCUT2D eigenvalue weighted by Crippen LogP contribution is 2.28. The Labute approximate surface area is 123 Å². The molecule has 0 fully saturated rings. The number of amides is 1. The summed E-state index contributed by atoms with van der Waals surface area (Å²) in [4.78, 5) is 12.3. The Morgan fingerprint density at radius 1 is 1.25 bits per heavy atom. The van der Waals surface area contributed by atoms with Crippen molar-refractivity contribution >= 4 is 28.3 Å². The van der Waals surface area contributed by atoms with Crippen molar-refractivity contribution in [1.29, 1.82) is 0 Å². The van der Waals surface area contributed by atoms with Crippen LogP contribution in [0.5, 0.6) is 5.75 Å². The van der Waals surface area contributed by atoms with E-state index in [1.165, 1.54) is 0 Å². The first-order valence-corrected chi connectivity index (χ1v) is 7.07. The van der Waals surface area contributed by atoms with Crippen molar-refractivity contribution in [3.8, 4) is 5.75 Å². The molecular formula is C16H18ClNO2. The standard InChI is InChI=1S/C16H18ClNO2/c1-16(2,9-10-17)18-15(20)13-8-7-11-5-3-4-6-12(11)14(13)19/h3-8,19H,9-10H2,1-2H3,(H,18,20). The van der Waals surface area contributed by atoms with E-state index in [0.717, 1.165) is 5.39 Å². The number of phenols is 1. The van der Waals surface area contributed by atoms with Gasteiger partial charge in [-0.2, -0.15) is 0 Å². The zero-order valence-corrected chi connectivity index (χ0v) is 12.4. The molecule has 0 aliphatic carbocycles. The highest BCUT2D eigenvalue weighted by Gasteiger charge is 2.22. The Morgan fingerprint density at radius 3 is 2.65 bits per heavy atom. The van der Waals surface area contributed by atoms with Crippen LogP contribution in [0.2, 0.25) is 0 Å². The Bertz CT molecular complexity index is 637. The second kappa shape index (κ2) is 5.71. The quantitative estimate of drug-likeness (QED) is 0.844. The predicted molar refractivity (Wildman–Crippen MR) is 82.5 cm³/mol. The van der Waals surface area contributed by atoms with E-state index in [9.17, 15) is 9.90 Å². The maximum atomic E-state index is 12.3. The fourth-order valence-corrected chi connectivity index (χ4v) is 2.58. The van der Waals surface area contributed by atoms with Crippen molar-refractivity contribution in [2.24, 2.45) is 0 Å². The number of carbonyl (C=O) groups is 1. The molecule has 0 saturated heterocycles. The second-order valence-electron chi connectivity index (χ2n) is 5.46. The Morgan fingerprint density at radius 2 is 1.95 bits per heavy atom. The number of phenolic OH excluding ortho intramolecular Hbond substituents is 1. The van der Waals surface area contributed by atoms with Crippen molar-refractivity contribution in [3.63, 3.8) is 0 Å². The summed E-state index contributed by atoms with van der Waals surface area (Å²) in [6.45, 7) is 3.82. The molecule has 2 N–H and O–H groups in total. The number of halogens is 1. The number of fused-ring (bicyclic) bond motifs is 1. The van der Waals surface area contributed by atoms with Gasteiger partial charge in [0.05, 0.1) is 5.56 Å². The predicted octanol–water partition coefficient (Wildman–Crippen LogP) is 3.68. The normalized spacial score (nSPS) is 11.6. The highest BCUT2D eigenvalue weighted by atomic mass is 35.5. The zero-order chi connectivity index (χ0) is 14.8. The SMILES string of the molecule is CC(C)(CCCl)NC(=O)c1ccc2ccccc2c1O. The Balaban J connectivity index is 2.33. The van der Waals surface area contributed by atoms with Crippen LogP contribution in [0, 0.1) is 0 Å². The average Bonchev–Trinajstić information content (AvgIpc) is 2.38. The van der Waals surface area contributed by atoms with Gasteiger partial charge in [0.1, 0.15) is 5.75 Å². The lowest BCUT2D eigenvalue weighted by Gasteiger charge is -2.25. The van der Waals surface area contributed by atoms with Gasteiger partial charge >= 0.3 is 0 Å². The number of hydrogen-bond acceptors (Lipinski definition) is 2. The van der Waals surface area contributed by atoms with Crippen molar-refractivity contribution in [2.45, 2.75) is 25.8 Å². The van der Waals surface area contributed by atoms with Gasteiger partial charge in [0.25, 0.3) is 5.91 Å². The molecule has 0 radical (unpaired) electrons. The Hall–Kier alpha value is -1.74. The maximum Gasteiger partial charge on any atom is 0.255 e. The highest BCUT2D eigenvalue weighted by molar-refractivity contribution is 6.17. The fourth-order valence-electron chi connectivity index (χ4n) is 2.11. The monoisotopic (exact) mass is 291 g/mol. The summed E-state index contributed by atoms with van der Waals surface area (Å²) in [6.07, 6.45) is 0.661. The Kier molecular flexibility index (Phi) is 4.19. The van der Waals surface area contributed by atoms with E-state index in [2.05, 4.69) is 5.32 Å². The van der Waals surface area contributed by atoms with Crippen LogP contribution < -0.4 is 5.32 Å². The third-order valence-electron chi connectivity index (χ3n) is 3.32. The van der Waals surface area contributed by atoms with E-state index in [4.69, 9.17) is 11.6 Å². The van der Waals surface area contributed by atoms with Gasteiger partial charge < -0.3 is 10.4 Å². The van der Waals surface area contributed by atoms with Gasteiger partial charge in [0.2, 0.25) is 0 Å². The molecule has 0 bridgehead atoms. The molecule has 0 aliphatic heterocycles. The molecule has 2 aromatic rings. The smallest absolute Gasteiger partial charge is 0.255 e. The minimum atomic E-state index is -0.406. The van der Waals surface area contributed by atoms with Crippen molar-refractivity contribution in [1.82, 2.24) is 5.32 Å². The first kappa shape index (κ1) is 14.7. The molecule has 0 aliphatic rings. The van der Waals surface area contributed by atoms with Gasteiger partial charge in [-0.25, -0.2) is 0 Å². The number of carbonyl (C=O) groups excluding carboxylic acids is 1. The lowest BCUT2D eigenvalue weighted by atomic mass is 10.00. The molecule has 2 aromatic carbocycles. The minimum absolute atomic E-state index is 0.0160. The fraction of sp³-hybridized carbons (Fsp3) is 0.312. The van der Waals surface area contributed by atoms with Gasteiger partial charge in [-0.15, -0.1) is 11.6 Å². The number of rotatable bonds is 4. The summed E-state index contributed by atoms with van der Waals surface area (Å²) in [7, 11) is 0. The lowest BCUT2D eigenvalue weighted by Crippen LogP contribution is -2.43. The molecule has 0 unspecified atom stereocenters. The molecule has 3 nitrogen and oxygen atoms in total. The zero-order valence-electron chi connectivity index (χ0n) is 11.6. The van der Waals surface area contributed by atoms with Gasteiger partial charge in [-0.3, -0.25) is 4.79 Å². The van der Waals surface area contributed by atoms with Crippen molar-refractivity contribution < 1.29 is 9.90 Å². The van der Waals surface area contributed by atoms with E-state index in [0.29, 0.717) is 17.7 Å². The second-order valence-corrected chi connectivity index (χ2v) is 5.84. The summed E-state index contributed by atoms with van der Waals surface area (Å²) in [5, 5.41) is 14.7. The molecule has 0 spiro atoms. The van der Waals surface area contributed by atoms with Crippen LogP contribution in [0.15, 0.2) is 36.4 Å². The van der Waals surface area contributed by atoms with Crippen molar-refractivity contribution in [3.05, 3.63) is 42.0 Å². The average molecular weight is 292 g/mol. The third kappa shape index (κ3) is 3.05. The van der Waals surface area contributed by atoms with Crippen LogP contribution in [0.1, 0.15) is 30.6 Å². The molecule has 1 amide bonds. The van der Waals surface area contributed by atoms with Crippen LogP contribution in [0.4, 0.5) is 0 Å². The topological polar surface area (TPSA) is 49.3 Å². The van der Waals surface area contributed by atoms with E-state index in [1.54, 1.807) is 12.1 Å². The summed E-state index contributed by atoms with van der Waals surface area (Å²) < 4.78 is 0. The molecule has 0 aromatic heterocycles. The van der Waals surface area contributed by atoms with Crippen LogP contribution in [0.25, 0.3) is 10.8 Å². The molecule has 4 heteroatoms. The summed E-state index contributed by atoms with van der Waals surface area (Å²) in [5.41, 5.74) is -0.122. The molecule has 0 atom stereocenters. The number of nitrogens with one attached hydrogen (secondary N) is 1. The van der Waals surface area contributed by atoms with Crippen molar-refractivity contribution in [2.75, 3.05) is 5.88 Å². The van der Waals surface area contributed by atoms with E-state index in [-0.39, 0.29) is 17.2 Å². The van der Waals surface area contributed by atoms with Gasteiger partial charge in [0, 0.05) is 16.8 Å². The largest absolute Gasteiger partial charge is 0.506 e. The summed E-state index contributed by atoms with van der Waals surface area (Å²) in [6, 6.07) is 10.9. The molecule has 106 valence electrons. The first-order valence-electron chi connectivity index (χ1n) is 6.54. The van der Waals surface area contributed by atoms with E-state index >= 15 is 0 Å². The van der Waals surface area contributed by atoms with Crippen LogP contribution >= 0.6 is 11.6 Å². The molecular weight excluding hydrogens is 274 g/mol. The number of alkyl halides is 1. The van der Waals surface area contributed by atoms with Crippen LogP contribution in [-0.4, -0.2) is 22.4 Å². The number of aromatic hydroxyl groups is 1. The third-order valence-corrected chi connectivity index (χ3v) is 3.51. The molecule has 0 saturated carbocycles. The molecule has 0 heterocycles. The molecule has 20 heavy (non-hydrogen) atoms. The first-order chi connectivity index (χ1) is 9.44. The lowest BCUT2D eigenvalue weighted by molar-refractivity contribution is 0.0909. The van der Waals surface area contributed by atoms with Gasteiger partial charge in [-0.05, 0) is 31.7 Å². The summed E-state index contributed by atoms with van der Waals surface area (Å²) in [5.74, 6) is 0.197. The van der Waals surface area contributed by atoms with E-state index < -0.39 is 5.54 Å². The number of benzene rings is 2. The summed E-state index contributed by atoms with van der Waals surface area (Å²) >= 11 is 5.72. The van der Waals surface area contributed by atoms with Gasteiger partial charge in [-0.1, -0.05) is 30.3 Å². The van der Waals surface area contributed by atoms with Crippen LogP contribution in [0.3, 0.4) is 0 Å². The van der Waals surface area contributed by atoms with E-state index in [1.807, 2.05) is 38.1 Å². The molecule has 2 rings (SSSR count). The van der Waals surface area contributed by atoms with Gasteiger partial charge in [0.15, 0.2) is 0 Å². The maximum absolute atomic E-state index is 12.3. The van der Waals surface area contributed by atoms with Crippen LogP contribution in [-0.2, 0) is 0 Å². The number of hydrogen-bond donors (Lipinski definition) is 2. The minimum Gasteiger partial charge on any atom is -0.506 e.